The van der Waals surface area contributed by atoms with Crippen LogP contribution in [0.4, 0.5) is 0 Å². The molecule has 4 heteroatoms. The van der Waals surface area contributed by atoms with Gasteiger partial charge in [0.25, 0.3) is 0 Å². The summed E-state index contributed by atoms with van der Waals surface area (Å²) in [6.07, 6.45) is 2.44. The van der Waals surface area contributed by atoms with Gasteiger partial charge in [0.1, 0.15) is 0 Å². The molecule has 1 aliphatic heterocycles. The lowest BCUT2D eigenvalue weighted by Gasteiger charge is -2.29. The Kier molecular flexibility index (Phi) is 3.30. The summed E-state index contributed by atoms with van der Waals surface area (Å²) in [5, 5.41) is 12.5. The van der Waals surface area contributed by atoms with Crippen LogP contribution in [0.5, 0.6) is 0 Å². The molecule has 1 aromatic heterocycles. The number of carbonyl (C=O) groups is 1. The number of aromatic carboxylic acids is 1. The van der Waals surface area contributed by atoms with Crippen LogP contribution >= 0.6 is 11.3 Å². The first-order valence-electron chi connectivity index (χ1n) is 5.66. The van der Waals surface area contributed by atoms with Crippen molar-refractivity contribution in [3.05, 3.63) is 21.4 Å². The maximum atomic E-state index is 11.0. The summed E-state index contributed by atoms with van der Waals surface area (Å²) in [7, 11) is 0. The minimum absolute atomic E-state index is 0.338. The van der Waals surface area contributed by atoms with Crippen molar-refractivity contribution in [3.63, 3.8) is 0 Å². The van der Waals surface area contributed by atoms with E-state index in [1.807, 2.05) is 13.0 Å². The molecular weight excluding hydrogens is 222 g/mol. The van der Waals surface area contributed by atoms with E-state index in [1.165, 1.54) is 17.7 Å². The summed E-state index contributed by atoms with van der Waals surface area (Å²) < 4.78 is 0. The van der Waals surface area contributed by atoms with Crippen molar-refractivity contribution >= 4 is 17.3 Å². The molecule has 88 valence electrons. The molecule has 0 radical (unpaired) electrons. The van der Waals surface area contributed by atoms with E-state index in [-0.39, 0.29) is 0 Å². The van der Waals surface area contributed by atoms with Crippen molar-refractivity contribution in [1.29, 1.82) is 0 Å². The van der Waals surface area contributed by atoms with E-state index >= 15 is 0 Å². The van der Waals surface area contributed by atoms with Crippen molar-refractivity contribution in [2.45, 2.75) is 32.7 Å². The summed E-state index contributed by atoms with van der Waals surface area (Å²) in [5.41, 5.74) is 0.458. The number of aryl methyl sites for hydroxylation is 1. The fourth-order valence-corrected chi connectivity index (χ4v) is 3.53. The zero-order valence-corrected chi connectivity index (χ0v) is 10.4. The fraction of sp³-hybridized carbons (Fsp3) is 0.583. The number of hydrogen-bond acceptors (Lipinski definition) is 3. The number of carboxylic acid groups (broad SMARTS) is 1. The van der Waals surface area contributed by atoms with Gasteiger partial charge in [-0.25, -0.2) is 4.79 Å². The van der Waals surface area contributed by atoms with Gasteiger partial charge < -0.3 is 10.4 Å². The Labute approximate surface area is 99.5 Å². The fourth-order valence-electron chi connectivity index (χ4n) is 2.30. The lowest BCUT2D eigenvalue weighted by atomic mass is 9.91. The lowest BCUT2D eigenvalue weighted by Crippen LogP contribution is -2.32. The summed E-state index contributed by atoms with van der Waals surface area (Å²) in [6.45, 7) is 5.14. The summed E-state index contributed by atoms with van der Waals surface area (Å²) in [5.74, 6) is -0.225. The Hall–Kier alpha value is -0.870. The SMILES string of the molecule is Cc1sc(C2NCCCC2C)cc1C(=O)O. The van der Waals surface area contributed by atoms with Crippen LogP contribution in [0.25, 0.3) is 0 Å². The molecule has 2 atom stereocenters. The van der Waals surface area contributed by atoms with Crippen LogP contribution in [-0.2, 0) is 0 Å². The Morgan fingerprint density at radius 3 is 2.94 bits per heavy atom. The van der Waals surface area contributed by atoms with Gasteiger partial charge in [-0.1, -0.05) is 6.92 Å². The molecule has 1 saturated heterocycles. The second kappa shape index (κ2) is 4.55. The predicted octanol–water partition coefficient (Wildman–Crippen LogP) is 2.82. The number of nitrogens with one attached hydrogen (secondary N) is 1. The smallest absolute Gasteiger partial charge is 0.336 e. The van der Waals surface area contributed by atoms with E-state index in [0.717, 1.165) is 11.4 Å². The highest BCUT2D eigenvalue weighted by atomic mass is 32.1. The van der Waals surface area contributed by atoms with Crippen LogP contribution in [0.15, 0.2) is 6.07 Å². The Morgan fingerprint density at radius 1 is 1.62 bits per heavy atom. The monoisotopic (exact) mass is 239 g/mol. The molecule has 0 bridgehead atoms. The first kappa shape index (κ1) is 11.6. The molecule has 1 fully saturated rings. The van der Waals surface area contributed by atoms with Gasteiger partial charge in [-0.15, -0.1) is 11.3 Å². The van der Waals surface area contributed by atoms with Gasteiger partial charge in [0.05, 0.1) is 5.56 Å². The molecule has 0 spiro atoms. The van der Waals surface area contributed by atoms with E-state index in [9.17, 15) is 4.79 Å². The standard InChI is InChI=1S/C12H17NO2S/c1-7-4-3-5-13-11(7)10-6-9(12(14)15)8(2)16-10/h6-7,11,13H,3-5H2,1-2H3,(H,14,15). The number of rotatable bonds is 2. The van der Waals surface area contributed by atoms with Crippen LogP contribution in [0.1, 0.15) is 45.9 Å². The van der Waals surface area contributed by atoms with Gasteiger partial charge >= 0.3 is 5.97 Å². The van der Waals surface area contributed by atoms with Crippen molar-refractivity contribution in [2.24, 2.45) is 5.92 Å². The quantitative estimate of drug-likeness (QED) is 0.834. The molecule has 2 unspecified atom stereocenters. The van der Waals surface area contributed by atoms with Crippen molar-refractivity contribution in [3.8, 4) is 0 Å². The van der Waals surface area contributed by atoms with E-state index in [1.54, 1.807) is 11.3 Å². The Balaban J connectivity index is 2.26. The molecule has 0 saturated carbocycles. The number of carboxylic acids is 1. The molecule has 2 rings (SSSR count). The van der Waals surface area contributed by atoms with Crippen LogP contribution in [-0.4, -0.2) is 17.6 Å². The largest absolute Gasteiger partial charge is 0.478 e. The van der Waals surface area contributed by atoms with Crippen LogP contribution in [0.3, 0.4) is 0 Å². The van der Waals surface area contributed by atoms with E-state index < -0.39 is 5.97 Å². The molecule has 2 heterocycles. The third kappa shape index (κ3) is 2.13. The van der Waals surface area contributed by atoms with E-state index in [0.29, 0.717) is 17.5 Å². The molecule has 2 N–H and O–H groups in total. The van der Waals surface area contributed by atoms with Crippen molar-refractivity contribution < 1.29 is 9.90 Å². The van der Waals surface area contributed by atoms with Gasteiger partial charge in [-0.05, 0) is 38.3 Å². The third-order valence-corrected chi connectivity index (χ3v) is 4.38. The minimum Gasteiger partial charge on any atom is -0.478 e. The van der Waals surface area contributed by atoms with Gasteiger partial charge in [-0.2, -0.15) is 0 Å². The zero-order chi connectivity index (χ0) is 11.7. The second-order valence-corrected chi connectivity index (χ2v) is 5.76. The van der Waals surface area contributed by atoms with Gasteiger partial charge in [0, 0.05) is 15.8 Å². The van der Waals surface area contributed by atoms with E-state index in [4.69, 9.17) is 5.11 Å². The van der Waals surface area contributed by atoms with Crippen LogP contribution in [0, 0.1) is 12.8 Å². The highest BCUT2D eigenvalue weighted by molar-refractivity contribution is 7.12. The topological polar surface area (TPSA) is 49.3 Å². The average Bonchev–Trinajstić information content (AvgIpc) is 2.61. The maximum absolute atomic E-state index is 11.0. The van der Waals surface area contributed by atoms with Gasteiger partial charge in [0.15, 0.2) is 0 Å². The lowest BCUT2D eigenvalue weighted by molar-refractivity contribution is 0.0696. The second-order valence-electron chi connectivity index (χ2n) is 4.48. The normalized spacial score (nSPS) is 25.6. The average molecular weight is 239 g/mol. The molecule has 0 aromatic carbocycles. The van der Waals surface area contributed by atoms with Crippen molar-refractivity contribution in [1.82, 2.24) is 5.32 Å². The minimum atomic E-state index is -0.816. The first-order valence-corrected chi connectivity index (χ1v) is 6.48. The predicted molar refractivity (Wildman–Crippen MR) is 65.2 cm³/mol. The highest BCUT2D eigenvalue weighted by Gasteiger charge is 2.25. The van der Waals surface area contributed by atoms with E-state index in [2.05, 4.69) is 12.2 Å². The van der Waals surface area contributed by atoms with Crippen LogP contribution in [0.2, 0.25) is 0 Å². The Bertz CT molecular complexity index is 400. The van der Waals surface area contributed by atoms with Gasteiger partial charge in [0.2, 0.25) is 0 Å². The molecule has 3 nitrogen and oxygen atoms in total. The summed E-state index contributed by atoms with van der Waals surface area (Å²) in [6, 6.07) is 2.17. The summed E-state index contributed by atoms with van der Waals surface area (Å²) >= 11 is 1.61. The maximum Gasteiger partial charge on any atom is 0.336 e. The Morgan fingerprint density at radius 2 is 2.38 bits per heavy atom. The molecule has 16 heavy (non-hydrogen) atoms. The molecule has 0 amide bonds. The number of hydrogen-bond donors (Lipinski definition) is 2. The molecule has 1 aromatic rings. The molecular formula is C12H17NO2S. The number of piperidine rings is 1. The number of thiophene rings is 1. The van der Waals surface area contributed by atoms with Crippen LogP contribution < -0.4 is 5.32 Å². The van der Waals surface area contributed by atoms with Gasteiger partial charge in [-0.3, -0.25) is 0 Å². The highest BCUT2D eigenvalue weighted by Crippen LogP contribution is 2.34. The zero-order valence-electron chi connectivity index (χ0n) is 9.62. The molecule has 1 aliphatic rings. The molecule has 0 aliphatic carbocycles. The third-order valence-electron chi connectivity index (χ3n) is 3.24. The first-order chi connectivity index (χ1) is 7.59. The van der Waals surface area contributed by atoms with Crippen molar-refractivity contribution in [2.75, 3.05) is 6.54 Å². The summed E-state index contributed by atoms with van der Waals surface area (Å²) in [4.78, 5) is 13.1.